The summed E-state index contributed by atoms with van der Waals surface area (Å²) in [6.45, 7) is 4.61. The second-order valence-corrected chi connectivity index (χ2v) is 8.28. The van der Waals surface area contributed by atoms with Gasteiger partial charge >= 0.3 is 0 Å². The molecule has 5 heteroatoms. The molecule has 3 rings (SSSR count). The van der Waals surface area contributed by atoms with Gasteiger partial charge in [-0.25, -0.2) is 0 Å². The molecule has 1 aliphatic rings. The fourth-order valence-corrected chi connectivity index (χ4v) is 4.61. The summed E-state index contributed by atoms with van der Waals surface area (Å²) >= 11 is 1.76. The Morgan fingerprint density at radius 1 is 1.19 bits per heavy atom. The molecule has 0 amide bonds. The van der Waals surface area contributed by atoms with E-state index in [0.29, 0.717) is 6.54 Å². The molecule has 4 nitrogen and oxygen atoms in total. The zero-order valence-corrected chi connectivity index (χ0v) is 16.8. The van der Waals surface area contributed by atoms with Crippen molar-refractivity contribution in [3.8, 4) is 5.75 Å². The number of aliphatic hydroxyl groups excluding tert-OH is 1. The fraction of sp³-hybridized carbons (Fsp3) is 0.429. The van der Waals surface area contributed by atoms with Gasteiger partial charge in [0, 0.05) is 24.5 Å². The van der Waals surface area contributed by atoms with Gasteiger partial charge in [-0.3, -0.25) is 0 Å². The maximum atomic E-state index is 11.0. The Balaban J connectivity index is 1.93. The van der Waals surface area contributed by atoms with Gasteiger partial charge in [0.1, 0.15) is 5.75 Å². The van der Waals surface area contributed by atoms with Gasteiger partial charge in [0.2, 0.25) is 0 Å². The van der Waals surface area contributed by atoms with E-state index in [1.54, 1.807) is 18.9 Å². The summed E-state index contributed by atoms with van der Waals surface area (Å²) in [6.07, 6.45) is -0.441. The average molecular weight is 373 g/mol. The maximum absolute atomic E-state index is 11.0. The molecule has 0 aliphatic carbocycles. The second kappa shape index (κ2) is 8.33. The van der Waals surface area contributed by atoms with Gasteiger partial charge < -0.3 is 19.6 Å². The standard InChI is InChI=1S/C21H28N2O2S/c1-15-5-10-18-20(13-15)26-21(16-6-8-17(25-4)9-7-16)19(24)14-23(18)12-11-22(2)3/h5-10,13,19,21,24H,11-12,14H2,1-4H3/t19-,21-/m0/s1. The molecule has 0 spiro atoms. The number of aliphatic hydroxyl groups is 1. The first-order chi connectivity index (χ1) is 12.5. The molecular formula is C21H28N2O2S. The topological polar surface area (TPSA) is 35.9 Å². The van der Waals surface area contributed by atoms with E-state index >= 15 is 0 Å². The number of methoxy groups -OCH3 is 1. The van der Waals surface area contributed by atoms with Gasteiger partial charge in [0.05, 0.1) is 24.2 Å². The summed E-state index contributed by atoms with van der Waals surface area (Å²) in [4.78, 5) is 5.73. The first kappa shape index (κ1) is 19.1. The summed E-state index contributed by atoms with van der Waals surface area (Å²) < 4.78 is 5.27. The predicted molar refractivity (Wildman–Crippen MR) is 110 cm³/mol. The van der Waals surface area contributed by atoms with Crippen LogP contribution in [0.1, 0.15) is 16.4 Å². The van der Waals surface area contributed by atoms with Crippen LogP contribution in [0.5, 0.6) is 5.75 Å². The third-order valence-corrected chi connectivity index (χ3v) is 6.15. The van der Waals surface area contributed by atoms with Gasteiger partial charge in [0.15, 0.2) is 0 Å². The molecule has 1 heterocycles. The lowest BCUT2D eigenvalue weighted by molar-refractivity contribution is 0.177. The van der Waals surface area contributed by atoms with Gasteiger partial charge in [0.25, 0.3) is 0 Å². The number of thioether (sulfide) groups is 1. The molecule has 2 aromatic carbocycles. The third kappa shape index (κ3) is 4.34. The van der Waals surface area contributed by atoms with Crippen molar-refractivity contribution in [2.24, 2.45) is 0 Å². The van der Waals surface area contributed by atoms with Crippen LogP contribution in [0, 0.1) is 6.92 Å². The molecule has 2 aromatic rings. The molecule has 0 radical (unpaired) electrons. The number of aryl methyl sites for hydroxylation is 1. The van der Waals surface area contributed by atoms with Crippen molar-refractivity contribution in [2.75, 3.05) is 45.7 Å². The zero-order valence-electron chi connectivity index (χ0n) is 16.0. The van der Waals surface area contributed by atoms with Crippen LogP contribution in [0.2, 0.25) is 0 Å². The lowest BCUT2D eigenvalue weighted by Gasteiger charge is -2.28. The van der Waals surface area contributed by atoms with Crippen LogP contribution in [-0.4, -0.2) is 56.9 Å². The first-order valence-corrected chi connectivity index (χ1v) is 9.85. The van der Waals surface area contributed by atoms with E-state index in [1.165, 1.54) is 16.1 Å². The summed E-state index contributed by atoms with van der Waals surface area (Å²) in [5, 5.41) is 11.0. The molecule has 2 atom stereocenters. The van der Waals surface area contributed by atoms with E-state index in [2.05, 4.69) is 61.2 Å². The Morgan fingerprint density at radius 2 is 1.92 bits per heavy atom. The van der Waals surface area contributed by atoms with Gasteiger partial charge in [-0.05, 0) is 56.4 Å². The van der Waals surface area contributed by atoms with Crippen LogP contribution in [0.15, 0.2) is 47.4 Å². The highest BCUT2D eigenvalue weighted by Gasteiger charge is 2.30. The minimum atomic E-state index is -0.441. The van der Waals surface area contributed by atoms with Crippen LogP contribution in [0.25, 0.3) is 0 Å². The SMILES string of the molecule is COc1ccc([C@@H]2Sc3cc(C)ccc3N(CCN(C)C)C[C@@H]2O)cc1. The van der Waals surface area contributed by atoms with Gasteiger partial charge in [-0.15, -0.1) is 11.8 Å². The largest absolute Gasteiger partial charge is 0.497 e. The molecule has 0 unspecified atom stereocenters. The highest BCUT2D eigenvalue weighted by Crippen LogP contribution is 2.45. The number of β-amino-alcohol motifs (C(OH)–C–C–N with tert-alkyl or cyclic N) is 1. The van der Waals surface area contributed by atoms with Crippen molar-refractivity contribution in [3.05, 3.63) is 53.6 Å². The number of fused-ring (bicyclic) bond motifs is 1. The maximum Gasteiger partial charge on any atom is 0.118 e. The Bertz CT molecular complexity index is 733. The molecule has 1 N–H and O–H groups in total. The lowest BCUT2D eigenvalue weighted by atomic mass is 10.1. The molecule has 0 saturated carbocycles. The quantitative estimate of drug-likeness (QED) is 0.868. The Hall–Kier alpha value is -1.69. The molecule has 0 aromatic heterocycles. The minimum absolute atomic E-state index is 0.00538. The van der Waals surface area contributed by atoms with Crippen molar-refractivity contribution in [2.45, 2.75) is 23.2 Å². The van der Waals surface area contributed by atoms with Crippen LogP contribution < -0.4 is 9.64 Å². The Labute approximate surface area is 160 Å². The van der Waals surface area contributed by atoms with Crippen molar-refractivity contribution in [1.82, 2.24) is 4.90 Å². The number of hydrogen-bond donors (Lipinski definition) is 1. The third-order valence-electron chi connectivity index (χ3n) is 4.73. The van der Waals surface area contributed by atoms with E-state index in [4.69, 9.17) is 4.74 Å². The number of likely N-dealkylation sites (N-methyl/N-ethyl adjacent to an activating group) is 1. The summed E-state index contributed by atoms with van der Waals surface area (Å²) in [6, 6.07) is 14.6. The number of nitrogens with zero attached hydrogens (tertiary/aromatic N) is 2. The molecule has 0 bridgehead atoms. The lowest BCUT2D eigenvalue weighted by Crippen LogP contribution is -2.38. The molecular weight excluding hydrogens is 344 g/mol. The second-order valence-electron chi connectivity index (χ2n) is 7.10. The zero-order chi connectivity index (χ0) is 18.7. The van der Waals surface area contributed by atoms with Crippen molar-refractivity contribution in [3.63, 3.8) is 0 Å². The molecule has 0 saturated heterocycles. The Morgan fingerprint density at radius 3 is 2.58 bits per heavy atom. The Kier molecular flexibility index (Phi) is 6.12. The predicted octanol–water partition coefficient (Wildman–Crippen LogP) is 3.58. The smallest absolute Gasteiger partial charge is 0.118 e. The van der Waals surface area contributed by atoms with Crippen molar-refractivity contribution in [1.29, 1.82) is 0 Å². The van der Waals surface area contributed by atoms with E-state index < -0.39 is 6.10 Å². The van der Waals surface area contributed by atoms with Crippen LogP contribution in [0.4, 0.5) is 5.69 Å². The van der Waals surface area contributed by atoms with E-state index in [1.807, 2.05) is 12.1 Å². The van der Waals surface area contributed by atoms with Gasteiger partial charge in [-0.2, -0.15) is 0 Å². The first-order valence-electron chi connectivity index (χ1n) is 8.97. The van der Waals surface area contributed by atoms with Gasteiger partial charge in [-0.1, -0.05) is 18.2 Å². The monoisotopic (exact) mass is 372 g/mol. The van der Waals surface area contributed by atoms with Crippen LogP contribution in [-0.2, 0) is 0 Å². The number of anilines is 1. The van der Waals surface area contributed by atoms with E-state index in [-0.39, 0.29) is 5.25 Å². The normalized spacial score (nSPS) is 20.0. The summed E-state index contributed by atoms with van der Waals surface area (Å²) in [5.41, 5.74) is 3.59. The summed E-state index contributed by atoms with van der Waals surface area (Å²) in [7, 11) is 5.84. The van der Waals surface area contributed by atoms with E-state index in [9.17, 15) is 5.11 Å². The molecule has 140 valence electrons. The van der Waals surface area contributed by atoms with Crippen molar-refractivity contribution < 1.29 is 9.84 Å². The molecule has 1 aliphatic heterocycles. The molecule has 26 heavy (non-hydrogen) atoms. The highest BCUT2D eigenvalue weighted by molar-refractivity contribution is 7.99. The van der Waals surface area contributed by atoms with Crippen LogP contribution >= 0.6 is 11.8 Å². The molecule has 0 fully saturated rings. The highest BCUT2D eigenvalue weighted by atomic mass is 32.2. The number of ether oxygens (including phenoxy) is 1. The van der Waals surface area contributed by atoms with Crippen LogP contribution in [0.3, 0.4) is 0 Å². The number of benzene rings is 2. The summed E-state index contributed by atoms with van der Waals surface area (Å²) in [5.74, 6) is 0.839. The number of hydrogen-bond acceptors (Lipinski definition) is 5. The number of rotatable bonds is 5. The van der Waals surface area contributed by atoms with E-state index in [0.717, 1.165) is 24.4 Å². The minimum Gasteiger partial charge on any atom is -0.497 e. The fourth-order valence-electron chi connectivity index (χ4n) is 3.23. The average Bonchev–Trinajstić information content (AvgIpc) is 2.76. The van der Waals surface area contributed by atoms with Crippen molar-refractivity contribution >= 4 is 17.4 Å².